The molecular weight excluding hydrogens is 501 g/mol. The van der Waals surface area contributed by atoms with E-state index in [2.05, 4.69) is 52.3 Å². The number of anilines is 1. The highest BCUT2D eigenvalue weighted by Gasteiger charge is 2.15. The molecule has 8 heteroatoms. The molecule has 0 aromatic carbocycles. The number of aromatic nitrogens is 1. The number of thiophene rings is 1. The molecule has 1 fully saturated rings. The molecule has 2 aromatic rings. The molecule has 0 spiro atoms. The van der Waals surface area contributed by atoms with Crippen LogP contribution in [0, 0.1) is 5.92 Å². The molecule has 0 aliphatic carbocycles. The third kappa shape index (κ3) is 7.51. The van der Waals surface area contributed by atoms with Crippen LogP contribution in [0.15, 0.2) is 27.9 Å². The highest BCUT2D eigenvalue weighted by molar-refractivity contribution is 14.0. The summed E-state index contributed by atoms with van der Waals surface area (Å²) in [6, 6.07) is 4.33. The maximum Gasteiger partial charge on any atom is 0.191 e. The summed E-state index contributed by atoms with van der Waals surface area (Å²) < 4.78 is 0. The molecular formula is C20H32IN5S2. The van der Waals surface area contributed by atoms with Crippen molar-refractivity contribution in [3.05, 3.63) is 33.5 Å². The molecule has 1 aliphatic heterocycles. The Bertz CT molecular complexity index is 695. The largest absolute Gasteiger partial charge is 0.357 e. The lowest BCUT2D eigenvalue weighted by molar-refractivity contribution is 0.595. The minimum Gasteiger partial charge on any atom is -0.357 e. The number of aliphatic imine (C=N–C) groups is 1. The zero-order valence-electron chi connectivity index (χ0n) is 16.8. The molecule has 156 valence electrons. The lowest BCUT2D eigenvalue weighted by Gasteiger charge is -2.13. The number of hydrogen-bond donors (Lipinski definition) is 2. The number of thiazole rings is 1. The average Bonchev–Trinajstić information content (AvgIpc) is 3.41. The Kier molecular flexibility index (Phi) is 10.6. The zero-order valence-corrected chi connectivity index (χ0v) is 20.8. The van der Waals surface area contributed by atoms with Crippen LogP contribution < -0.4 is 15.5 Å². The van der Waals surface area contributed by atoms with Crippen molar-refractivity contribution >= 4 is 57.7 Å². The Morgan fingerprint density at radius 3 is 2.82 bits per heavy atom. The van der Waals surface area contributed by atoms with Gasteiger partial charge in [0.05, 0.1) is 5.69 Å². The Balaban J connectivity index is 0.00000280. The third-order valence-corrected chi connectivity index (χ3v) is 6.47. The van der Waals surface area contributed by atoms with E-state index in [9.17, 15) is 0 Å². The van der Waals surface area contributed by atoms with Gasteiger partial charge < -0.3 is 15.5 Å². The predicted octanol–water partition coefficient (Wildman–Crippen LogP) is 4.40. The van der Waals surface area contributed by atoms with E-state index in [0.717, 1.165) is 51.5 Å². The van der Waals surface area contributed by atoms with E-state index in [0.29, 0.717) is 5.92 Å². The molecule has 5 nitrogen and oxygen atoms in total. The van der Waals surface area contributed by atoms with Gasteiger partial charge in [-0.25, -0.2) is 4.98 Å². The number of rotatable bonds is 9. The van der Waals surface area contributed by atoms with Gasteiger partial charge in [-0.15, -0.1) is 46.7 Å². The van der Waals surface area contributed by atoms with Crippen LogP contribution in [0.3, 0.4) is 0 Å². The zero-order chi connectivity index (χ0) is 18.9. The van der Waals surface area contributed by atoms with E-state index >= 15 is 0 Å². The predicted molar refractivity (Wildman–Crippen MR) is 134 cm³/mol. The smallest absolute Gasteiger partial charge is 0.191 e. The molecule has 2 aromatic heterocycles. The summed E-state index contributed by atoms with van der Waals surface area (Å²) in [6.45, 7) is 9.26. The van der Waals surface area contributed by atoms with Crippen molar-refractivity contribution in [1.82, 2.24) is 15.6 Å². The van der Waals surface area contributed by atoms with Crippen molar-refractivity contribution in [2.75, 3.05) is 37.6 Å². The Morgan fingerprint density at radius 2 is 2.11 bits per heavy atom. The molecule has 3 rings (SSSR count). The summed E-state index contributed by atoms with van der Waals surface area (Å²) in [5.41, 5.74) is 1.18. The Hall–Kier alpha value is -0.870. The highest BCUT2D eigenvalue weighted by Crippen LogP contribution is 2.24. The molecule has 1 atom stereocenters. The molecule has 0 bridgehead atoms. The van der Waals surface area contributed by atoms with Crippen LogP contribution >= 0.6 is 46.7 Å². The van der Waals surface area contributed by atoms with E-state index < -0.39 is 0 Å². The fraction of sp³-hybridized carbons (Fsp3) is 0.600. The first-order valence-corrected chi connectivity index (χ1v) is 11.7. The van der Waals surface area contributed by atoms with Crippen LogP contribution in [0.5, 0.6) is 0 Å². The van der Waals surface area contributed by atoms with Crippen molar-refractivity contribution in [2.24, 2.45) is 10.9 Å². The van der Waals surface area contributed by atoms with Gasteiger partial charge in [-0.3, -0.25) is 4.99 Å². The van der Waals surface area contributed by atoms with Gasteiger partial charge in [-0.2, -0.15) is 0 Å². The molecule has 1 aliphatic rings. The lowest BCUT2D eigenvalue weighted by Crippen LogP contribution is -2.38. The van der Waals surface area contributed by atoms with Gasteiger partial charge >= 0.3 is 0 Å². The van der Waals surface area contributed by atoms with Crippen molar-refractivity contribution in [2.45, 2.75) is 39.5 Å². The standard InChI is InChI=1S/C20H31N5S2.HI/c1-3-21-19(23-14-16(2)13-18-7-6-12-26-18)22-9-8-17-15-27-20(24-17)25-10-4-5-11-25;/h6-7,12,15-16H,3-5,8-11,13-14H2,1-2H3,(H2,21,22,23);1H. The molecule has 1 unspecified atom stereocenters. The van der Waals surface area contributed by atoms with Crippen LogP contribution in [0.2, 0.25) is 0 Å². The van der Waals surface area contributed by atoms with Crippen LogP contribution in [-0.4, -0.2) is 43.7 Å². The molecule has 0 amide bonds. The molecule has 1 saturated heterocycles. The number of hydrogen-bond acceptors (Lipinski definition) is 5. The molecule has 28 heavy (non-hydrogen) atoms. The third-order valence-electron chi connectivity index (χ3n) is 4.62. The minimum absolute atomic E-state index is 0. The van der Waals surface area contributed by atoms with Crippen LogP contribution in [0.4, 0.5) is 5.13 Å². The second kappa shape index (κ2) is 12.6. The first-order valence-electron chi connectivity index (χ1n) is 9.98. The van der Waals surface area contributed by atoms with Gasteiger partial charge in [0.15, 0.2) is 11.1 Å². The van der Waals surface area contributed by atoms with Crippen LogP contribution in [-0.2, 0) is 12.8 Å². The van der Waals surface area contributed by atoms with Crippen LogP contribution in [0.1, 0.15) is 37.3 Å². The summed E-state index contributed by atoms with van der Waals surface area (Å²) in [4.78, 5) is 13.4. The Morgan fingerprint density at radius 1 is 1.29 bits per heavy atom. The Labute approximate surface area is 194 Å². The average molecular weight is 534 g/mol. The maximum atomic E-state index is 4.80. The summed E-state index contributed by atoms with van der Waals surface area (Å²) in [5, 5.41) is 12.3. The van der Waals surface area contributed by atoms with Crippen molar-refractivity contribution in [1.29, 1.82) is 0 Å². The van der Waals surface area contributed by atoms with Gasteiger partial charge in [0, 0.05) is 49.4 Å². The van der Waals surface area contributed by atoms with Crippen molar-refractivity contribution < 1.29 is 0 Å². The van der Waals surface area contributed by atoms with Crippen molar-refractivity contribution in [3.8, 4) is 0 Å². The molecule has 0 radical (unpaired) electrons. The van der Waals surface area contributed by atoms with Crippen LogP contribution in [0.25, 0.3) is 0 Å². The first-order chi connectivity index (χ1) is 13.2. The van der Waals surface area contributed by atoms with Gasteiger partial charge in [0.25, 0.3) is 0 Å². The number of guanidine groups is 1. The highest BCUT2D eigenvalue weighted by atomic mass is 127. The number of halogens is 1. The van der Waals surface area contributed by atoms with E-state index in [1.807, 2.05) is 11.3 Å². The van der Waals surface area contributed by atoms with E-state index in [-0.39, 0.29) is 24.0 Å². The van der Waals surface area contributed by atoms with E-state index in [1.54, 1.807) is 11.3 Å². The summed E-state index contributed by atoms with van der Waals surface area (Å²) >= 11 is 3.60. The fourth-order valence-electron chi connectivity index (χ4n) is 3.20. The minimum atomic E-state index is 0. The fourth-order valence-corrected chi connectivity index (χ4v) is 4.98. The normalized spacial score (nSPS) is 15.4. The first kappa shape index (κ1) is 23.4. The molecule has 3 heterocycles. The summed E-state index contributed by atoms with van der Waals surface area (Å²) in [6.07, 6.45) is 4.62. The second-order valence-electron chi connectivity index (χ2n) is 7.10. The maximum absolute atomic E-state index is 4.80. The lowest BCUT2D eigenvalue weighted by atomic mass is 10.1. The number of nitrogens with zero attached hydrogens (tertiary/aromatic N) is 3. The van der Waals surface area contributed by atoms with Crippen molar-refractivity contribution in [3.63, 3.8) is 0 Å². The summed E-state index contributed by atoms with van der Waals surface area (Å²) in [5.74, 6) is 1.45. The topological polar surface area (TPSA) is 52.6 Å². The number of nitrogens with one attached hydrogen (secondary N) is 2. The molecule has 2 N–H and O–H groups in total. The van der Waals surface area contributed by atoms with E-state index in [4.69, 9.17) is 9.98 Å². The molecule has 0 saturated carbocycles. The SMILES string of the molecule is CCNC(=NCC(C)Cc1cccs1)NCCc1csc(N2CCCC2)n1.I. The van der Waals surface area contributed by atoms with Gasteiger partial charge in [-0.1, -0.05) is 13.0 Å². The second-order valence-corrected chi connectivity index (χ2v) is 8.97. The van der Waals surface area contributed by atoms with Gasteiger partial charge in [0.2, 0.25) is 0 Å². The van der Waals surface area contributed by atoms with Gasteiger partial charge in [0.1, 0.15) is 0 Å². The summed E-state index contributed by atoms with van der Waals surface area (Å²) in [7, 11) is 0. The van der Waals surface area contributed by atoms with Gasteiger partial charge in [-0.05, 0) is 43.6 Å². The quantitative estimate of drug-likeness (QED) is 0.285. The monoisotopic (exact) mass is 533 g/mol. The van der Waals surface area contributed by atoms with E-state index in [1.165, 1.54) is 28.5 Å².